The van der Waals surface area contributed by atoms with Crippen molar-refractivity contribution < 1.29 is 18.0 Å². The van der Waals surface area contributed by atoms with Gasteiger partial charge in [0, 0.05) is 24.7 Å². The number of nitrogens with one attached hydrogen (secondary N) is 1. The first-order valence-corrected chi connectivity index (χ1v) is 5.75. The van der Waals surface area contributed by atoms with Crippen LogP contribution in [0.2, 0.25) is 0 Å². The summed E-state index contributed by atoms with van der Waals surface area (Å²) >= 11 is 0. The molecular formula is C13H15F3N2O. The van der Waals surface area contributed by atoms with Crippen molar-refractivity contribution >= 4 is 17.7 Å². The number of amides is 1. The number of nitrogen functional groups attached to an aromatic ring is 1. The van der Waals surface area contributed by atoms with Gasteiger partial charge in [-0.3, -0.25) is 4.79 Å². The molecule has 0 aliphatic heterocycles. The van der Waals surface area contributed by atoms with E-state index in [4.69, 9.17) is 5.73 Å². The van der Waals surface area contributed by atoms with Crippen molar-refractivity contribution in [2.75, 3.05) is 12.3 Å². The average molecular weight is 272 g/mol. The number of halogens is 3. The zero-order chi connectivity index (χ0) is 14.3. The molecule has 0 spiro atoms. The molecule has 0 aliphatic carbocycles. The molecule has 1 aromatic carbocycles. The van der Waals surface area contributed by atoms with Crippen LogP contribution in [0.25, 0.3) is 6.08 Å². The Morgan fingerprint density at radius 2 is 2.11 bits per heavy atom. The number of anilines is 1. The van der Waals surface area contributed by atoms with E-state index >= 15 is 0 Å². The van der Waals surface area contributed by atoms with E-state index in [0.717, 1.165) is 5.56 Å². The van der Waals surface area contributed by atoms with Gasteiger partial charge < -0.3 is 11.1 Å². The van der Waals surface area contributed by atoms with Crippen molar-refractivity contribution in [3.05, 3.63) is 35.9 Å². The first-order valence-electron chi connectivity index (χ1n) is 5.75. The molecule has 3 N–H and O–H groups in total. The molecule has 3 nitrogen and oxygen atoms in total. The van der Waals surface area contributed by atoms with Crippen LogP contribution in [0.15, 0.2) is 30.3 Å². The summed E-state index contributed by atoms with van der Waals surface area (Å²) in [4.78, 5) is 11.3. The summed E-state index contributed by atoms with van der Waals surface area (Å²) in [6.07, 6.45) is -2.38. The van der Waals surface area contributed by atoms with Gasteiger partial charge in [-0.15, -0.1) is 0 Å². The second-order valence-corrected chi connectivity index (χ2v) is 4.01. The monoisotopic (exact) mass is 272 g/mol. The van der Waals surface area contributed by atoms with Crippen LogP contribution in [-0.4, -0.2) is 18.6 Å². The second-order valence-electron chi connectivity index (χ2n) is 4.01. The van der Waals surface area contributed by atoms with Crippen molar-refractivity contribution in [3.8, 4) is 0 Å². The molecule has 0 atom stereocenters. The molecule has 1 aromatic rings. The lowest BCUT2D eigenvalue weighted by Crippen LogP contribution is -2.23. The summed E-state index contributed by atoms with van der Waals surface area (Å²) in [6.45, 7) is -0.000385. The van der Waals surface area contributed by atoms with Gasteiger partial charge in [-0.25, -0.2) is 0 Å². The average Bonchev–Trinajstić information content (AvgIpc) is 2.31. The Hall–Kier alpha value is -1.98. The molecule has 0 saturated carbocycles. The van der Waals surface area contributed by atoms with E-state index in [-0.39, 0.29) is 13.0 Å². The molecule has 1 rings (SSSR count). The molecule has 0 aromatic heterocycles. The number of hydrogen-bond acceptors (Lipinski definition) is 2. The van der Waals surface area contributed by atoms with Crippen LogP contribution in [0.1, 0.15) is 18.4 Å². The maximum absolute atomic E-state index is 11.8. The number of alkyl halides is 3. The summed E-state index contributed by atoms with van der Waals surface area (Å²) in [7, 11) is 0. The van der Waals surface area contributed by atoms with E-state index in [1.807, 2.05) is 0 Å². The Kier molecular flexibility index (Phi) is 5.41. The molecular weight excluding hydrogens is 257 g/mol. The van der Waals surface area contributed by atoms with E-state index in [9.17, 15) is 18.0 Å². The minimum absolute atomic E-state index is 0.000385. The molecule has 1 amide bonds. The zero-order valence-electron chi connectivity index (χ0n) is 10.2. The van der Waals surface area contributed by atoms with Crippen molar-refractivity contribution in [2.45, 2.75) is 19.0 Å². The van der Waals surface area contributed by atoms with Crippen molar-refractivity contribution in [2.24, 2.45) is 0 Å². The van der Waals surface area contributed by atoms with Crippen LogP contribution in [-0.2, 0) is 4.79 Å². The van der Waals surface area contributed by atoms with E-state index < -0.39 is 18.5 Å². The van der Waals surface area contributed by atoms with Gasteiger partial charge in [0.2, 0.25) is 5.91 Å². The number of benzene rings is 1. The quantitative estimate of drug-likeness (QED) is 0.492. The first-order chi connectivity index (χ1) is 8.87. The van der Waals surface area contributed by atoms with Gasteiger partial charge in [0.05, 0.1) is 0 Å². The Balaban J connectivity index is 2.31. The van der Waals surface area contributed by atoms with Gasteiger partial charge in [0.25, 0.3) is 0 Å². The highest BCUT2D eigenvalue weighted by Gasteiger charge is 2.25. The van der Waals surface area contributed by atoms with E-state index in [2.05, 4.69) is 5.32 Å². The van der Waals surface area contributed by atoms with Crippen LogP contribution >= 0.6 is 0 Å². The molecule has 0 fully saturated rings. The normalized spacial score (nSPS) is 11.7. The van der Waals surface area contributed by atoms with Crippen LogP contribution in [0.3, 0.4) is 0 Å². The third-order valence-corrected chi connectivity index (χ3v) is 2.27. The van der Waals surface area contributed by atoms with E-state index in [1.165, 1.54) is 6.08 Å². The van der Waals surface area contributed by atoms with E-state index in [0.29, 0.717) is 5.69 Å². The SMILES string of the molecule is Nc1cccc(/C=C/C(=O)NCCCC(F)(F)F)c1. The third-order valence-electron chi connectivity index (χ3n) is 2.27. The molecule has 0 bridgehead atoms. The Labute approximate surface area is 109 Å². The topological polar surface area (TPSA) is 55.1 Å². The van der Waals surface area contributed by atoms with Gasteiger partial charge in [-0.2, -0.15) is 13.2 Å². The van der Waals surface area contributed by atoms with Gasteiger partial charge in [-0.05, 0) is 30.2 Å². The number of carbonyl (C=O) groups is 1. The molecule has 0 aliphatic rings. The molecule has 0 heterocycles. The van der Waals surface area contributed by atoms with Gasteiger partial charge in [0.15, 0.2) is 0 Å². The number of nitrogens with two attached hydrogens (primary N) is 1. The van der Waals surface area contributed by atoms with Crippen LogP contribution < -0.4 is 11.1 Å². The Morgan fingerprint density at radius 1 is 1.37 bits per heavy atom. The molecule has 0 unspecified atom stereocenters. The zero-order valence-corrected chi connectivity index (χ0v) is 10.2. The highest BCUT2D eigenvalue weighted by Crippen LogP contribution is 2.20. The Morgan fingerprint density at radius 3 is 2.74 bits per heavy atom. The minimum Gasteiger partial charge on any atom is -0.399 e. The molecule has 19 heavy (non-hydrogen) atoms. The molecule has 0 saturated heterocycles. The smallest absolute Gasteiger partial charge is 0.389 e. The lowest BCUT2D eigenvalue weighted by atomic mass is 10.2. The van der Waals surface area contributed by atoms with Crippen molar-refractivity contribution in [3.63, 3.8) is 0 Å². The number of rotatable bonds is 5. The fourth-order valence-corrected chi connectivity index (χ4v) is 1.39. The molecule has 6 heteroatoms. The van der Waals surface area contributed by atoms with Crippen LogP contribution in [0.5, 0.6) is 0 Å². The largest absolute Gasteiger partial charge is 0.399 e. The second kappa shape index (κ2) is 6.82. The highest BCUT2D eigenvalue weighted by atomic mass is 19.4. The Bertz CT molecular complexity index is 455. The fourth-order valence-electron chi connectivity index (χ4n) is 1.39. The van der Waals surface area contributed by atoms with Gasteiger partial charge in [0.1, 0.15) is 0 Å². The minimum atomic E-state index is -4.18. The van der Waals surface area contributed by atoms with Crippen LogP contribution in [0.4, 0.5) is 18.9 Å². The summed E-state index contributed by atoms with van der Waals surface area (Å²) in [5.74, 6) is -0.426. The summed E-state index contributed by atoms with van der Waals surface area (Å²) in [6, 6.07) is 6.92. The number of carbonyl (C=O) groups excluding carboxylic acids is 1. The third kappa shape index (κ3) is 7.13. The lowest BCUT2D eigenvalue weighted by Gasteiger charge is -2.05. The van der Waals surface area contributed by atoms with Crippen LogP contribution in [0, 0.1) is 0 Å². The lowest BCUT2D eigenvalue weighted by molar-refractivity contribution is -0.135. The van der Waals surface area contributed by atoms with Crippen molar-refractivity contribution in [1.29, 1.82) is 0 Å². The number of hydrogen-bond donors (Lipinski definition) is 2. The molecule has 104 valence electrons. The van der Waals surface area contributed by atoms with Crippen molar-refractivity contribution in [1.82, 2.24) is 5.32 Å². The summed E-state index contributed by atoms with van der Waals surface area (Å²) in [5.41, 5.74) is 6.89. The van der Waals surface area contributed by atoms with Gasteiger partial charge in [-0.1, -0.05) is 12.1 Å². The molecule has 0 radical (unpaired) electrons. The summed E-state index contributed by atoms with van der Waals surface area (Å²) < 4.78 is 35.5. The predicted octanol–water partition coefficient (Wildman–Crippen LogP) is 2.74. The standard InChI is InChI=1S/C13H15F3N2O/c14-13(15,16)7-2-8-18-12(19)6-5-10-3-1-4-11(17)9-10/h1,3-6,9H,2,7-8,17H2,(H,18,19)/b6-5+. The highest BCUT2D eigenvalue weighted by molar-refractivity contribution is 5.91. The first kappa shape index (κ1) is 15.1. The van der Waals surface area contributed by atoms with Gasteiger partial charge >= 0.3 is 6.18 Å². The fraction of sp³-hybridized carbons (Fsp3) is 0.308. The maximum Gasteiger partial charge on any atom is 0.389 e. The summed E-state index contributed by atoms with van der Waals surface area (Å²) in [5, 5.41) is 2.38. The predicted molar refractivity (Wildman–Crippen MR) is 68.2 cm³/mol. The van der Waals surface area contributed by atoms with E-state index in [1.54, 1.807) is 30.3 Å². The maximum atomic E-state index is 11.8.